The third kappa shape index (κ3) is 5.94. The Morgan fingerprint density at radius 2 is 1.64 bits per heavy atom. The number of hydrogen-bond acceptors (Lipinski definition) is 3. The summed E-state index contributed by atoms with van der Waals surface area (Å²) in [5, 5.41) is 14.9. The Hall–Kier alpha value is -3.15. The molecule has 2 amide bonds. The molecule has 6 heteroatoms. The summed E-state index contributed by atoms with van der Waals surface area (Å²) in [7, 11) is 0. The van der Waals surface area contributed by atoms with E-state index in [1.54, 1.807) is 42.5 Å². The van der Waals surface area contributed by atoms with Crippen LogP contribution in [0.5, 0.6) is 0 Å². The van der Waals surface area contributed by atoms with Gasteiger partial charge in [-0.25, -0.2) is 4.79 Å². The van der Waals surface area contributed by atoms with Crippen LogP contribution in [0.2, 0.25) is 0 Å². The molecule has 2 aromatic carbocycles. The van der Waals surface area contributed by atoms with E-state index in [0.717, 1.165) is 6.42 Å². The zero-order valence-electron chi connectivity index (χ0n) is 16.4. The summed E-state index contributed by atoms with van der Waals surface area (Å²) >= 11 is 0. The molecule has 0 saturated heterocycles. The number of carboxylic acid groups (broad SMARTS) is 1. The Morgan fingerprint density at radius 1 is 1.00 bits per heavy atom. The molecule has 0 fully saturated rings. The van der Waals surface area contributed by atoms with Crippen molar-refractivity contribution in [2.24, 2.45) is 0 Å². The molecular weight excluding hydrogens is 356 g/mol. The average molecular weight is 382 g/mol. The van der Waals surface area contributed by atoms with E-state index in [1.165, 1.54) is 6.07 Å². The van der Waals surface area contributed by atoms with Crippen LogP contribution in [0.15, 0.2) is 48.5 Å². The maximum Gasteiger partial charge on any atom is 0.335 e. The van der Waals surface area contributed by atoms with E-state index >= 15 is 0 Å². The SMILES string of the molecule is CCC(C)(C)NC(=O)c1ccc(NC(=O)CCc2ccccc2C(=O)O)cc1. The van der Waals surface area contributed by atoms with Gasteiger partial charge in [0.15, 0.2) is 0 Å². The summed E-state index contributed by atoms with van der Waals surface area (Å²) < 4.78 is 0. The van der Waals surface area contributed by atoms with Crippen LogP contribution < -0.4 is 10.6 Å². The summed E-state index contributed by atoms with van der Waals surface area (Å²) in [5.41, 5.74) is 1.66. The second-order valence-corrected chi connectivity index (χ2v) is 7.28. The van der Waals surface area contributed by atoms with Crippen LogP contribution in [0.1, 0.15) is 59.9 Å². The Balaban J connectivity index is 1.93. The Morgan fingerprint density at radius 3 is 2.25 bits per heavy atom. The van der Waals surface area contributed by atoms with Gasteiger partial charge in [0.1, 0.15) is 0 Å². The molecule has 0 spiro atoms. The lowest BCUT2D eigenvalue weighted by molar-refractivity contribution is -0.116. The monoisotopic (exact) mass is 382 g/mol. The second-order valence-electron chi connectivity index (χ2n) is 7.28. The molecule has 3 N–H and O–H groups in total. The van der Waals surface area contributed by atoms with E-state index < -0.39 is 5.97 Å². The van der Waals surface area contributed by atoms with E-state index in [-0.39, 0.29) is 29.3 Å². The minimum absolute atomic E-state index is 0.157. The number of benzene rings is 2. The number of nitrogens with one attached hydrogen (secondary N) is 2. The van der Waals surface area contributed by atoms with Crippen LogP contribution >= 0.6 is 0 Å². The minimum atomic E-state index is -1.00. The summed E-state index contributed by atoms with van der Waals surface area (Å²) in [6.07, 6.45) is 1.32. The smallest absolute Gasteiger partial charge is 0.335 e. The average Bonchev–Trinajstić information content (AvgIpc) is 2.66. The van der Waals surface area contributed by atoms with E-state index in [0.29, 0.717) is 23.2 Å². The largest absolute Gasteiger partial charge is 0.478 e. The number of aromatic carboxylic acids is 1. The quantitative estimate of drug-likeness (QED) is 0.646. The van der Waals surface area contributed by atoms with Crippen LogP contribution in [0, 0.1) is 0 Å². The van der Waals surface area contributed by atoms with Crippen molar-refractivity contribution in [3.05, 3.63) is 65.2 Å². The first kappa shape index (κ1) is 21.2. The van der Waals surface area contributed by atoms with Gasteiger partial charge in [0.05, 0.1) is 5.56 Å². The van der Waals surface area contributed by atoms with Gasteiger partial charge in [0, 0.05) is 23.2 Å². The maximum absolute atomic E-state index is 12.3. The molecule has 0 aromatic heterocycles. The number of carboxylic acids is 1. The fourth-order valence-electron chi connectivity index (χ4n) is 2.59. The van der Waals surface area contributed by atoms with Crippen LogP contribution in [-0.2, 0) is 11.2 Å². The van der Waals surface area contributed by atoms with E-state index in [1.807, 2.05) is 20.8 Å². The molecule has 0 unspecified atom stereocenters. The van der Waals surface area contributed by atoms with Crippen molar-refractivity contribution in [2.45, 2.75) is 45.6 Å². The number of anilines is 1. The van der Waals surface area contributed by atoms with Crippen LogP contribution in [0.3, 0.4) is 0 Å². The molecule has 28 heavy (non-hydrogen) atoms. The highest BCUT2D eigenvalue weighted by Gasteiger charge is 2.18. The second kappa shape index (κ2) is 9.17. The highest BCUT2D eigenvalue weighted by molar-refractivity contribution is 5.96. The predicted molar refractivity (Wildman–Crippen MR) is 109 cm³/mol. The molecule has 0 aliphatic rings. The van der Waals surface area contributed by atoms with Gasteiger partial charge in [0.2, 0.25) is 5.91 Å². The maximum atomic E-state index is 12.3. The fourth-order valence-corrected chi connectivity index (χ4v) is 2.59. The molecule has 6 nitrogen and oxygen atoms in total. The highest BCUT2D eigenvalue weighted by atomic mass is 16.4. The zero-order valence-corrected chi connectivity index (χ0v) is 16.4. The van der Waals surface area contributed by atoms with E-state index in [2.05, 4.69) is 10.6 Å². The van der Waals surface area contributed by atoms with Crippen molar-refractivity contribution in [1.82, 2.24) is 5.32 Å². The van der Waals surface area contributed by atoms with Crippen LogP contribution in [-0.4, -0.2) is 28.4 Å². The van der Waals surface area contributed by atoms with Gasteiger partial charge in [-0.15, -0.1) is 0 Å². The van der Waals surface area contributed by atoms with Crippen LogP contribution in [0.25, 0.3) is 0 Å². The molecule has 0 atom stereocenters. The fraction of sp³-hybridized carbons (Fsp3) is 0.318. The lowest BCUT2D eigenvalue weighted by Gasteiger charge is -2.24. The summed E-state index contributed by atoms with van der Waals surface area (Å²) in [6.45, 7) is 5.93. The van der Waals surface area contributed by atoms with Crippen molar-refractivity contribution in [3.8, 4) is 0 Å². The molecular formula is C22H26N2O4. The van der Waals surface area contributed by atoms with Gasteiger partial charge in [-0.1, -0.05) is 25.1 Å². The number of carbonyl (C=O) groups excluding carboxylic acids is 2. The molecule has 0 bridgehead atoms. The van der Waals surface area contributed by atoms with Gasteiger partial charge in [-0.05, 0) is 62.6 Å². The topological polar surface area (TPSA) is 95.5 Å². The summed E-state index contributed by atoms with van der Waals surface area (Å²) in [4.78, 5) is 35.6. The number of rotatable bonds is 8. The van der Waals surface area contributed by atoms with Crippen molar-refractivity contribution in [3.63, 3.8) is 0 Å². The van der Waals surface area contributed by atoms with E-state index in [9.17, 15) is 19.5 Å². The lowest BCUT2D eigenvalue weighted by Crippen LogP contribution is -2.42. The zero-order chi connectivity index (χ0) is 20.7. The van der Waals surface area contributed by atoms with Gasteiger partial charge in [-0.3, -0.25) is 9.59 Å². The number of hydrogen-bond donors (Lipinski definition) is 3. The number of amides is 2. The normalized spacial score (nSPS) is 11.0. The first-order valence-electron chi connectivity index (χ1n) is 9.25. The van der Waals surface area contributed by atoms with Crippen molar-refractivity contribution in [1.29, 1.82) is 0 Å². The molecule has 2 aromatic rings. The summed E-state index contributed by atoms with van der Waals surface area (Å²) in [6, 6.07) is 13.3. The van der Waals surface area contributed by atoms with Crippen LogP contribution in [0.4, 0.5) is 5.69 Å². The Labute approximate surface area is 165 Å². The predicted octanol–water partition coefficient (Wildman–Crippen LogP) is 3.87. The number of aryl methyl sites for hydroxylation is 1. The lowest BCUT2D eigenvalue weighted by atomic mass is 10.0. The molecule has 0 aliphatic heterocycles. The Bertz CT molecular complexity index is 857. The van der Waals surface area contributed by atoms with Gasteiger partial charge in [-0.2, -0.15) is 0 Å². The molecule has 0 heterocycles. The highest BCUT2D eigenvalue weighted by Crippen LogP contribution is 2.15. The molecule has 0 radical (unpaired) electrons. The third-order valence-corrected chi connectivity index (χ3v) is 4.64. The summed E-state index contributed by atoms with van der Waals surface area (Å²) in [5.74, 6) is -1.38. The third-order valence-electron chi connectivity index (χ3n) is 4.64. The Kier molecular flexibility index (Phi) is 6.93. The van der Waals surface area contributed by atoms with E-state index in [4.69, 9.17) is 0 Å². The van der Waals surface area contributed by atoms with Crippen molar-refractivity contribution < 1.29 is 19.5 Å². The van der Waals surface area contributed by atoms with Gasteiger partial charge in [0.25, 0.3) is 5.91 Å². The minimum Gasteiger partial charge on any atom is -0.478 e. The molecule has 2 rings (SSSR count). The molecule has 0 saturated carbocycles. The first-order chi connectivity index (χ1) is 13.2. The van der Waals surface area contributed by atoms with Gasteiger partial charge >= 0.3 is 5.97 Å². The first-order valence-corrected chi connectivity index (χ1v) is 9.25. The number of carbonyl (C=O) groups is 3. The van der Waals surface area contributed by atoms with Gasteiger partial charge < -0.3 is 15.7 Å². The van der Waals surface area contributed by atoms with Crippen molar-refractivity contribution >= 4 is 23.5 Å². The molecule has 148 valence electrons. The van der Waals surface area contributed by atoms with Crippen molar-refractivity contribution in [2.75, 3.05) is 5.32 Å². The standard InChI is InChI=1S/C22H26N2O4/c1-4-22(2,3)24-20(26)16-9-12-17(13-10-16)23-19(25)14-11-15-7-5-6-8-18(15)21(27)28/h5-10,12-13H,4,11,14H2,1-3H3,(H,23,25)(H,24,26)(H,27,28). The molecule has 0 aliphatic carbocycles.